The summed E-state index contributed by atoms with van der Waals surface area (Å²) in [6.07, 6.45) is 0.879. The van der Waals surface area contributed by atoms with E-state index in [0.717, 1.165) is 16.0 Å². The Kier molecular flexibility index (Phi) is 6.03. The number of para-hydroxylation sites is 1. The largest absolute Gasteiger partial charge is 0.497 e. The summed E-state index contributed by atoms with van der Waals surface area (Å²) in [6.45, 7) is 0.246. The molecule has 3 rings (SSSR count). The second-order valence-electron chi connectivity index (χ2n) is 5.75. The maximum absolute atomic E-state index is 12.4. The van der Waals surface area contributed by atoms with E-state index in [2.05, 4.69) is 0 Å². The molecule has 7 heteroatoms. The van der Waals surface area contributed by atoms with Crippen molar-refractivity contribution < 1.29 is 24.2 Å². The van der Waals surface area contributed by atoms with Gasteiger partial charge in [0, 0.05) is 22.2 Å². The monoisotopic (exact) mass is 385 g/mol. The molecule has 0 bridgehead atoms. The topological polar surface area (TPSA) is 77.8 Å². The molecular weight excluding hydrogens is 366 g/mol. The Morgan fingerprint density at radius 3 is 2.56 bits per heavy atom. The second kappa shape index (κ2) is 8.64. The van der Waals surface area contributed by atoms with Crippen molar-refractivity contribution in [3.63, 3.8) is 0 Å². The first kappa shape index (κ1) is 18.8. The molecule has 0 unspecified atom stereocenters. The third kappa shape index (κ3) is 4.62. The van der Waals surface area contributed by atoms with Gasteiger partial charge in [-0.25, -0.2) is 4.79 Å². The van der Waals surface area contributed by atoms with Gasteiger partial charge < -0.3 is 14.6 Å². The first-order chi connectivity index (χ1) is 13.1. The van der Waals surface area contributed by atoms with Gasteiger partial charge in [0.1, 0.15) is 12.4 Å². The van der Waals surface area contributed by atoms with E-state index >= 15 is 0 Å². The molecule has 0 atom stereocenters. The number of hydrogen-bond donors (Lipinski definition) is 1. The van der Waals surface area contributed by atoms with E-state index in [4.69, 9.17) is 14.6 Å². The molecule has 3 aromatic rings. The Balaban J connectivity index is 1.61. The van der Waals surface area contributed by atoms with Crippen molar-refractivity contribution in [2.45, 2.75) is 11.3 Å². The summed E-state index contributed by atoms with van der Waals surface area (Å²) in [7, 11) is 1.62. The Morgan fingerprint density at radius 1 is 1.11 bits per heavy atom. The highest BCUT2D eigenvalue weighted by Gasteiger charge is 2.16. The molecule has 0 aliphatic carbocycles. The predicted octanol–water partition coefficient (Wildman–Crippen LogP) is 4.05. The number of nitrogens with zero attached hydrogens (tertiary/aromatic N) is 1. The van der Waals surface area contributed by atoms with E-state index in [1.165, 1.54) is 10.8 Å². The van der Waals surface area contributed by atoms with Crippen molar-refractivity contribution >= 4 is 34.7 Å². The number of thioether (sulfide) groups is 1. The number of carbonyl (C=O) groups excluding carboxylic acids is 1. The molecule has 2 aromatic carbocycles. The van der Waals surface area contributed by atoms with Crippen molar-refractivity contribution in [3.05, 3.63) is 60.3 Å². The summed E-state index contributed by atoms with van der Waals surface area (Å²) in [5.74, 6) is 0.462. The molecule has 27 heavy (non-hydrogen) atoms. The van der Waals surface area contributed by atoms with Crippen LogP contribution in [0.3, 0.4) is 0 Å². The lowest BCUT2D eigenvalue weighted by atomic mass is 10.1. The maximum Gasteiger partial charge on any atom is 0.418 e. The zero-order chi connectivity index (χ0) is 19.2. The van der Waals surface area contributed by atoms with Crippen LogP contribution in [0, 0.1) is 0 Å². The molecule has 6 nitrogen and oxygen atoms in total. The quantitative estimate of drug-likeness (QED) is 0.488. The molecule has 0 saturated carbocycles. The van der Waals surface area contributed by atoms with Gasteiger partial charge in [0.25, 0.3) is 0 Å². The summed E-state index contributed by atoms with van der Waals surface area (Å²) in [6, 6.07) is 14.8. The highest BCUT2D eigenvalue weighted by Crippen LogP contribution is 2.23. The lowest BCUT2D eigenvalue weighted by molar-refractivity contribution is -0.136. The van der Waals surface area contributed by atoms with Crippen molar-refractivity contribution in [1.29, 1.82) is 0 Å². The summed E-state index contributed by atoms with van der Waals surface area (Å²) in [5.41, 5.74) is 1.23. The first-order valence-electron chi connectivity index (χ1n) is 8.33. The Bertz CT molecular complexity index is 949. The SMILES string of the molecule is COc1ccc(SCCOC(=O)n2cc(CC(=O)O)c3ccccc32)cc1. The number of ether oxygens (including phenoxy) is 2. The normalized spacial score (nSPS) is 10.7. The Labute approximate surface area is 160 Å². The van der Waals surface area contributed by atoms with E-state index in [1.54, 1.807) is 37.1 Å². The van der Waals surface area contributed by atoms with Crippen LogP contribution in [0.15, 0.2) is 59.6 Å². The van der Waals surface area contributed by atoms with Crippen LogP contribution in [-0.2, 0) is 16.0 Å². The number of carboxylic acids is 1. The number of aliphatic carboxylic acids is 1. The number of benzene rings is 2. The molecule has 0 aliphatic heterocycles. The van der Waals surface area contributed by atoms with Crippen LogP contribution < -0.4 is 4.74 Å². The molecular formula is C20H19NO5S. The molecule has 140 valence electrons. The number of aromatic nitrogens is 1. The first-order valence-corrected chi connectivity index (χ1v) is 9.32. The van der Waals surface area contributed by atoms with Crippen LogP contribution >= 0.6 is 11.8 Å². The lowest BCUT2D eigenvalue weighted by Crippen LogP contribution is -2.14. The van der Waals surface area contributed by atoms with Gasteiger partial charge in [-0.3, -0.25) is 9.36 Å². The van der Waals surface area contributed by atoms with E-state index in [-0.39, 0.29) is 13.0 Å². The average Bonchev–Trinajstić information content (AvgIpc) is 3.04. The standard InChI is InChI=1S/C20H19NO5S/c1-25-15-6-8-16(9-7-15)27-11-10-26-20(24)21-13-14(12-19(22)23)17-4-2-3-5-18(17)21/h2-9,13H,10-12H2,1H3,(H,22,23). The molecule has 1 heterocycles. The molecule has 0 radical (unpaired) electrons. The van der Waals surface area contributed by atoms with Crippen LogP contribution in [0.25, 0.3) is 10.9 Å². The summed E-state index contributed by atoms with van der Waals surface area (Å²) in [4.78, 5) is 24.5. The minimum absolute atomic E-state index is 0.145. The van der Waals surface area contributed by atoms with Crippen LogP contribution in [0.4, 0.5) is 4.79 Å². The van der Waals surface area contributed by atoms with Gasteiger partial charge in [-0.05, 0) is 35.9 Å². The fraction of sp³-hybridized carbons (Fsp3) is 0.200. The van der Waals surface area contributed by atoms with Crippen molar-refractivity contribution in [1.82, 2.24) is 4.57 Å². The molecule has 1 N–H and O–H groups in total. The average molecular weight is 385 g/mol. The minimum atomic E-state index is -0.942. The summed E-state index contributed by atoms with van der Waals surface area (Å²) in [5, 5.41) is 9.79. The third-order valence-electron chi connectivity index (χ3n) is 3.97. The fourth-order valence-electron chi connectivity index (χ4n) is 2.74. The highest BCUT2D eigenvalue weighted by atomic mass is 32.2. The van der Waals surface area contributed by atoms with Gasteiger partial charge >= 0.3 is 12.1 Å². The number of fused-ring (bicyclic) bond motifs is 1. The lowest BCUT2D eigenvalue weighted by Gasteiger charge is -2.07. The van der Waals surface area contributed by atoms with E-state index in [1.807, 2.05) is 30.3 Å². The summed E-state index contributed by atoms with van der Waals surface area (Å²) < 4.78 is 11.8. The number of carboxylic acid groups (broad SMARTS) is 1. The van der Waals surface area contributed by atoms with Gasteiger partial charge in [-0.15, -0.1) is 11.8 Å². The predicted molar refractivity (Wildman–Crippen MR) is 104 cm³/mol. The molecule has 0 fully saturated rings. The number of carbonyl (C=O) groups is 2. The summed E-state index contributed by atoms with van der Waals surface area (Å²) >= 11 is 1.57. The molecule has 0 aliphatic rings. The van der Waals surface area contributed by atoms with Crippen molar-refractivity contribution in [2.24, 2.45) is 0 Å². The maximum atomic E-state index is 12.4. The number of methoxy groups -OCH3 is 1. The molecule has 0 amide bonds. The Morgan fingerprint density at radius 2 is 1.85 bits per heavy atom. The van der Waals surface area contributed by atoms with Gasteiger partial charge in [-0.1, -0.05) is 18.2 Å². The van der Waals surface area contributed by atoms with Crippen molar-refractivity contribution in [2.75, 3.05) is 19.5 Å². The van der Waals surface area contributed by atoms with Crippen LogP contribution in [0.5, 0.6) is 5.75 Å². The van der Waals surface area contributed by atoms with Crippen LogP contribution in [-0.4, -0.2) is 41.2 Å². The smallest absolute Gasteiger partial charge is 0.418 e. The van der Waals surface area contributed by atoms with Crippen LogP contribution in [0.2, 0.25) is 0 Å². The zero-order valence-electron chi connectivity index (χ0n) is 14.8. The van der Waals surface area contributed by atoms with E-state index in [9.17, 15) is 9.59 Å². The minimum Gasteiger partial charge on any atom is -0.497 e. The number of rotatable bonds is 7. The van der Waals surface area contributed by atoms with Gasteiger partial charge in [0.2, 0.25) is 0 Å². The second-order valence-corrected chi connectivity index (χ2v) is 6.92. The molecule has 1 aromatic heterocycles. The van der Waals surface area contributed by atoms with E-state index < -0.39 is 12.1 Å². The zero-order valence-corrected chi connectivity index (χ0v) is 15.6. The van der Waals surface area contributed by atoms with Crippen molar-refractivity contribution in [3.8, 4) is 5.75 Å². The van der Waals surface area contributed by atoms with Gasteiger partial charge in [-0.2, -0.15) is 0 Å². The molecule has 0 spiro atoms. The third-order valence-corrected chi connectivity index (χ3v) is 4.95. The van der Waals surface area contributed by atoms with E-state index in [0.29, 0.717) is 16.8 Å². The van der Waals surface area contributed by atoms with Gasteiger partial charge in [0.15, 0.2) is 0 Å². The molecule has 0 saturated heterocycles. The van der Waals surface area contributed by atoms with Crippen LogP contribution in [0.1, 0.15) is 5.56 Å². The Hall–Kier alpha value is -2.93. The highest BCUT2D eigenvalue weighted by molar-refractivity contribution is 7.99. The van der Waals surface area contributed by atoms with Gasteiger partial charge in [0.05, 0.1) is 19.0 Å². The number of hydrogen-bond acceptors (Lipinski definition) is 5. The fourth-order valence-corrected chi connectivity index (χ4v) is 3.47.